The molecule has 0 aliphatic rings. The number of sulfonamides is 1. The molecule has 0 aliphatic carbocycles. The van der Waals surface area contributed by atoms with Crippen LogP contribution in [-0.4, -0.2) is 28.5 Å². The van der Waals surface area contributed by atoms with Crippen molar-refractivity contribution in [1.82, 2.24) is 4.72 Å². The summed E-state index contributed by atoms with van der Waals surface area (Å²) in [5, 5.41) is 2.82. The topological polar surface area (TPSA) is 84.5 Å². The van der Waals surface area contributed by atoms with Crippen molar-refractivity contribution < 1.29 is 17.9 Å². The number of aryl methyl sites for hydroxylation is 1. The molecule has 24 heavy (non-hydrogen) atoms. The third-order valence-corrected chi connectivity index (χ3v) is 5.07. The van der Waals surface area contributed by atoms with Crippen LogP contribution in [0.15, 0.2) is 47.4 Å². The number of anilines is 1. The van der Waals surface area contributed by atoms with Crippen molar-refractivity contribution in [2.75, 3.05) is 19.5 Å². The van der Waals surface area contributed by atoms with Crippen molar-refractivity contribution >= 4 is 21.6 Å². The van der Waals surface area contributed by atoms with Gasteiger partial charge in [-0.05, 0) is 43.3 Å². The van der Waals surface area contributed by atoms with Crippen molar-refractivity contribution in [3.8, 4) is 5.75 Å². The van der Waals surface area contributed by atoms with Gasteiger partial charge in [0.25, 0.3) is 5.91 Å². The number of hydrogen-bond acceptors (Lipinski definition) is 4. The van der Waals surface area contributed by atoms with Crippen LogP contribution in [0, 0.1) is 0 Å². The number of hydrogen-bond donors (Lipinski definition) is 2. The number of methoxy groups -OCH3 is 1. The fourth-order valence-electron chi connectivity index (χ4n) is 2.28. The third kappa shape index (κ3) is 3.74. The molecule has 2 aromatic carbocycles. The van der Waals surface area contributed by atoms with E-state index < -0.39 is 10.0 Å². The molecule has 1 amide bonds. The van der Waals surface area contributed by atoms with E-state index in [-0.39, 0.29) is 22.1 Å². The van der Waals surface area contributed by atoms with Gasteiger partial charge in [0.2, 0.25) is 10.0 Å². The molecule has 0 spiro atoms. The lowest BCUT2D eigenvalue weighted by Crippen LogP contribution is -2.20. The smallest absolute Gasteiger partial charge is 0.255 e. The van der Waals surface area contributed by atoms with Gasteiger partial charge >= 0.3 is 0 Å². The quantitative estimate of drug-likeness (QED) is 0.840. The molecule has 2 rings (SSSR count). The Morgan fingerprint density at radius 2 is 1.88 bits per heavy atom. The number of carbonyl (C=O) groups is 1. The average molecular weight is 348 g/mol. The van der Waals surface area contributed by atoms with Gasteiger partial charge in [0, 0.05) is 11.3 Å². The van der Waals surface area contributed by atoms with Crippen LogP contribution < -0.4 is 14.8 Å². The Bertz CT molecular complexity index is 847. The molecule has 0 unspecified atom stereocenters. The maximum atomic E-state index is 12.5. The molecule has 0 aromatic heterocycles. The van der Waals surface area contributed by atoms with Crippen LogP contribution in [-0.2, 0) is 16.4 Å². The van der Waals surface area contributed by atoms with Crippen LogP contribution in [0.1, 0.15) is 22.8 Å². The Morgan fingerprint density at radius 1 is 1.17 bits per heavy atom. The monoisotopic (exact) mass is 348 g/mol. The lowest BCUT2D eigenvalue weighted by atomic mass is 10.1. The van der Waals surface area contributed by atoms with E-state index in [9.17, 15) is 13.2 Å². The zero-order valence-electron chi connectivity index (χ0n) is 13.8. The van der Waals surface area contributed by atoms with Crippen LogP contribution in [0.4, 0.5) is 5.69 Å². The lowest BCUT2D eigenvalue weighted by Gasteiger charge is -2.12. The van der Waals surface area contributed by atoms with E-state index in [4.69, 9.17) is 4.74 Å². The van der Waals surface area contributed by atoms with E-state index in [0.717, 1.165) is 12.0 Å². The zero-order valence-corrected chi connectivity index (χ0v) is 14.6. The second-order valence-corrected chi connectivity index (χ2v) is 6.89. The molecule has 0 radical (unpaired) electrons. The van der Waals surface area contributed by atoms with Crippen molar-refractivity contribution in [2.24, 2.45) is 0 Å². The van der Waals surface area contributed by atoms with E-state index in [1.807, 2.05) is 31.2 Å². The summed E-state index contributed by atoms with van der Waals surface area (Å²) in [4.78, 5) is 12.4. The van der Waals surface area contributed by atoms with E-state index in [0.29, 0.717) is 5.69 Å². The third-order valence-electron chi connectivity index (χ3n) is 3.63. The largest absolute Gasteiger partial charge is 0.495 e. The standard InChI is InChI=1S/C17H20N2O4S/c1-4-12-7-5-6-8-14(12)19-17(20)13-9-10-15(23-3)16(11-13)24(21,22)18-2/h5-11,18H,4H2,1-3H3,(H,19,20). The van der Waals surface area contributed by atoms with Gasteiger partial charge in [-0.15, -0.1) is 0 Å². The molecule has 0 bridgehead atoms. The van der Waals surface area contributed by atoms with Gasteiger partial charge in [0.05, 0.1) is 7.11 Å². The molecule has 0 fully saturated rings. The summed E-state index contributed by atoms with van der Waals surface area (Å²) in [7, 11) is -1.06. The summed E-state index contributed by atoms with van der Waals surface area (Å²) in [5.74, 6) is -0.207. The molecular weight excluding hydrogens is 328 g/mol. The second-order valence-electron chi connectivity index (χ2n) is 5.04. The van der Waals surface area contributed by atoms with Crippen molar-refractivity contribution in [1.29, 1.82) is 0 Å². The van der Waals surface area contributed by atoms with E-state index >= 15 is 0 Å². The van der Waals surface area contributed by atoms with Gasteiger partial charge in [-0.2, -0.15) is 0 Å². The minimum absolute atomic E-state index is 0.0797. The van der Waals surface area contributed by atoms with Gasteiger partial charge in [-0.1, -0.05) is 25.1 Å². The summed E-state index contributed by atoms with van der Waals surface area (Å²) >= 11 is 0. The number of benzene rings is 2. The van der Waals surface area contributed by atoms with Crippen molar-refractivity contribution in [2.45, 2.75) is 18.2 Å². The number of ether oxygens (including phenoxy) is 1. The van der Waals surface area contributed by atoms with Crippen molar-refractivity contribution in [3.05, 3.63) is 53.6 Å². The average Bonchev–Trinajstić information content (AvgIpc) is 2.61. The number of para-hydroxylation sites is 1. The predicted octanol–water partition coefficient (Wildman–Crippen LogP) is 2.42. The maximum Gasteiger partial charge on any atom is 0.255 e. The molecule has 0 saturated carbocycles. The highest BCUT2D eigenvalue weighted by Crippen LogP contribution is 2.25. The highest BCUT2D eigenvalue weighted by atomic mass is 32.2. The van der Waals surface area contributed by atoms with Crippen LogP contribution in [0.3, 0.4) is 0 Å². The molecule has 0 saturated heterocycles. The fraction of sp³-hybridized carbons (Fsp3) is 0.235. The molecule has 0 heterocycles. The van der Waals surface area contributed by atoms with Gasteiger partial charge < -0.3 is 10.1 Å². The molecule has 2 aromatic rings. The Hall–Kier alpha value is -2.38. The highest BCUT2D eigenvalue weighted by Gasteiger charge is 2.20. The number of nitrogens with one attached hydrogen (secondary N) is 2. The predicted molar refractivity (Wildman–Crippen MR) is 93.0 cm³/mol. The summed E-state index contributed by atoms with van der Waals surface area (Å²) in [6.45, 7) is 2.00. The summed E-state index contributed by atoms with van der Waals surface area (Å²) < 4.78 is 31.5. The Balaban J connectivity index is 2.39. The number of carbonyl (C=O) groups excluding carboxylic acids is 1. The fourth-order valence-corrected chi connectivity index (χ4v) is 3.20. The first-order valence-electron chi connectivity index (χ1n) is 7.43. The number of amides is 1. The molecular formula is C17H20N2O4S. The Labute approximate surface area is 141 Å². The molecule has 7 heteroatoms. The van der Waals surface area contributed by atoms with Gasteiger partial charge in [-0.25, -0.2) is 13.1 Å². The lowest BCUT2D eigenvalue weighted by molar-refractivity contribution is 0.102. The molecule has 0 aliphatic heterocycles. The van der Waals surface area contributed by atoms with Crippen LogP contribution in [0.25, 0.3) is 0 Å². The molecule has 6 nitrogen and oxygen atoms in total. The van der Waals surface area contributed by atoms with Gasteiger partial charge in [0.15, 0.2) is 0 Å². The number of rotatable bonds is 6. The SMILES string of the molecule is CCc1ccccc1NC(=O)c1ccc(OC)c(S(=O)(=O)NC)c1. The van der Waals surface area contributed by atoms with Crippen LogP contribution in [0.5, 0.6) is 5.75 Å². The van der Waals surface area contributed by atoms with E-state index in [1.165, 1.54) is 32.4 Å². The minimum Gasteiger partial charge on any atom is -0.495 e. The first-order valence-corrected chi connectivity index (χ1v) is 8.92. The van der Waals surface area contributed by atoms with Crippen LogP contribution >= 0.6 is 0 Å². The second kappa shape index (κ2) is 7.46. The molecule has 128 valence electrons. The Morgan fingerprint density at radius 3 is 2.50 bits per heavy atom. The highest BCUT2D eigenvalue weighted by molar-refractivity contribution is 7.89. The van der Waals surface area contributed by atoms with Gasteiger partial charge in [0.1, 0.15) is 10.6 Å². The first kappa shape index (κ1) is 18.0. The zero-order chi connectivity index (χ0) is 17.7. The minimum atomic E-state index is -3.74. The van der Waals surface area contributed by atoms with Gasteiger partial charge in [-0.3, -0.25) is 4.79 Å². The summed E-state index contributed by atoms with van der Waals surface area (Å²) in [5.41, 5.74) is 1.94. The summed E-state index contributed by atoms with van der Waals surface area (Å²) in [6.07, 6.45) is 0.776. The summed E-state index contributed by atoms with van der Waals surface area (Å²) in [6, 6.07) is 11.8. The van der Waals surface area contributed by atoms with E-state index in [1.54, 1.807) is 0 Å². The van der Waals surface area contributed by atoms with Crippen molar-refractivity contribution in [3.63, 3.8) is 0 Å². The molecule has 2 N–H and O–H groups in total. The Kier molecular flexibility index (Phi) is 5.58. The van der Waals surface area contributed by atoms with E-state index in [2.05, 4.69) is 10.0 Å². The van der Waals surface area contributed by atoms with Crippen LogP contribution in [0.2, 0.25) is 0 Å². The normalized spacial score (nSPS) is 11.1. The molecule has 0 atom stereocenters. The maximum absolute atomic E-state index is 12.5. The first-order chi connectivity index (χ1) is 11.4.